The molecule has 0 unspecified atom stereocenters. The van der Waals surface area contributed by atoms with E-state index in [1.54, 1.807) is 0 Å². The summed E-state index contributed by atoms with van der Waals surface area (Å²) in [4.78, 5) is 5.12. The fraction of sp³-hybridized carbons (Fsp3) is 0.158. The molecular formula is C57H51BN2. The summed E-state index contributed by atoms with van der Waals surface area (Å²) in [6.07, 6.45) is 0. The minimum Gasteiger partial charge on any atom is -0.311 e. The van der Waals surface area contributed by atoms with Gasteiger partial charge in [-0.3, -0.25) is 0 Å². The number of fused-ring (bicyclic) bond motifs is 4. The highest BCUT2D eigenvalue weighted by molar-refractivity contribution is 7.00. The number of anilines is 6. The van der Waals surface area contributed by atoms with Gasteiger partial charge in [-0.2, -0.15) is 0 Å². The van der Waals surface area contributed by atoms with E-state index in [9.17, 15) is 0 Å². The highest BCUT2D eigenvalue weighted by Crippen LogP contribution is 2.47. The van der Waals surface area contributed by atoms with Crippen molar-refractivity contribution in [2.75, 3.05) is 9.80 Å². The maximum Gasteiger partial charge on any atom is 0.252 e. The molecule has 2 nitrogen and oxygen atoms in total. The van der Waals surface area contributed by atoms with E-state index in [1.165, 1.54) is 106 Å². The van der Waals surface area contributed by atoms with E-state index >= 15 is 0 Å². The topological polar surface area (TPSA) is 6.48 Å². The first-order chi connectivity index (χ1) is 29.1. The highest BCUT2D eigenvalue weighted by atomic mass is 15.2. The van der Waals surface area contributed by atoms with Gasteiger partial charge >= 0.3 is 0 Å². The van der Waals surface area contributed by atoms with Crippen LogP contribution in [-0.2, 0) is 0 Å². The molecule has 2 aliphatic rings. The van der Waals surface area contributed by atoms with Gasteiger partial charge in [-0.05, 0) is 159 Å². The van der Waals surface area contributed by atoms with Crippen LogP contribution in [0.3, 0.4) is 0 Å². The third-order valence-electron chi connectivity index (χ3n) is 12.8. The Morgan fingerprint density at radius 2 is 1.00 bits per heavy atom. The van der Waals surface area contributed by atoms with Crippen molar-refractivity contribution < 1.29 is 0 Å². The summed E-state index contributed by atoms with van der Waals surface area (Å²) in [5.74, 6) is 0.841. The van der Waals surface area contributed by atoms with E-state index in [-0.39, 0.29) is 6.71 Å². The van der Waals surface area contributed by atoms with Gasteiger partial charge in [0.2, 0.25) is 0 Å². The largest absolute Gasteiger partial charge is 0.311 e. The van der Waals surface area contributed by atoms with Gasteiger partial charge in [0.1, 0.15) is 0 Å². The number of benzene rings is 8. The lowest BCUT2D eigenvalue weighted by Crippen LogP contribution is -2.61. The van der Waals surface area contributed by atoms with Crippen LogP contribution in [0.4, 0.5) is 34.1 Å². The average molecular weight is 775 g/mol. The first kappa shape index (κ1) is 37.7. The second-order valence-corrected chi connectivity index (χ2v) is 17.6. The smallest absolute Gasteiger partial charge is 0.252 e. The van der Waals surface area contributed by atoms with Gasteiger partial charge in [0.15, 0.2) is 0 Å². The van der Waals surface area contributed by atoms with Crippen molar-refractivity contribution in [2.24, 2.45) is 0 Å². The zero-order valence-corrected chi connectivity index (χ0v) is 35.8. The van der Waals surface area contributed by atoms with Crippen LogP contribution >= 0.6 is 0 Å². The second-order valence-electron chi connectivity index (χ2n) is 17.6. The summed E-state index contributed by atoms with van der Waals surface area (Å²) in [7, 11) is 0. The fourth-order valence-electron chi connectivity index (χ4n) is 9.59. The Morgan fingerprint density at radius 1 is 0.383 bits per heavy atom. The number of hydrogen-bond donors (Lipinski definition) is 0. The summed E-state index contributed by atoms with van der Waals surface area (Å²) in [5.41, 5.74) is 25.1. The SMILES string of the molecule is Cc1ccc(-c2ccc3c(c2)N(c2ccc(C(C)C)cc2)c2cc(C)cc4c2B3c2cc(C(C)C)ccc2N4c2cc(-c3ccccc3)cc(-c3ccccc3C)c2)cc1. The lowest BCUT2D eigenvalue weighted by atomic mass is 9.33. The quantitative estimate of drug-likeness (QED) is 0.149. The van der Waals surface area contributed by atoms with Crippen LogP contribution < -0.4 is 26.2 Å². The molecule has 0 saturated carbocycles. The number of nitrogens with zero attached hydrogens (tertiary/aromatic N) is 2. The molecule has 0 aliphatic carbocycles. The van der Waals surface area contributed by atoms with Gasteiger partial charge in [0, 0.05) is 34.1 Å². The van der Waals surface area contributed by atoms with Crippen molar-refractivity contribution in [1.82, 2.24) is 0 Å². The van der Waals surface area contributed by atoms with Gasteiger partial charge in [0.25, 0.3) is 6.71 Å². The van der Waals surface area contributed by atoms with Gasteiger partial charge in [-0.1, -0.05) is 149 Å². The average Bonchev–Trinajstić information content (AvgIpc) is 3.26. The Labute approximate surface area is 356 Å². The Hall–Kier alpha value is -6.58. The third-order valence-corrected chi connectivity index (χ3v) is 12.8. The maximum atomic E-state index is 2.57. The van der Waals surface area contributed by atoms with Crippen molar-refractivity contribution in [3.8, 4) is 33.4 Å². The standard InChI is InChI=1S/C57H51BN2/c1-36(2)41-21-25-48(26-22-41)59-54-35-45(43-19-17-38(5)18-20-43)23-27-51(54)58-52-34-44(37(3)4)24-28-53(52)60(56-30-39(6)29-55(59)57(56)58)49-32-46(42-14-9-8-10-15-42)31-47(33-49)50-16-12-11-13-40(50)7/h8-37H,1-7H3. The van der Waals surface area contributed by atoms with Crippen LogP contribution in [-0.4, -0.2) is 6.71 Å². The monoisotopic (exact) mass is 774 g/mol. The number of rotatable bonds is 7. The molecule has 0 amide bonds. The van der Waals surface area contributed by atoms with Crippen LogP contribution in [0.25, 0.3) is 33.4 Å². The molecule has 10 rings (SSSR count). The molecule has 0 fully saturated rings. The predicted molar refractivity (Wildman–Crippen MR) is 259 cm³/mol. The zero-order valence-electron chi connectivity index (χ0n) is 35.8. The van der Waals surface area contributed by atoms with Crippen LogP contribution in [0.1, 0.15) is 67.3 Å². The molecule has 3 heteroatoms. The number of hydrogen-bond acceptors (Lipinski definition) is 2. The Bertz CT molecular complexity index is 2910. The maximum absolute atomic E-state index is 2.57. The molecule has 0 spiro atoms. The third kappa shape index (κ3) is 6.45. The summed E-state index contributed by atoms with van der Waals surface area (Å²) >= 11 is 0. The van der Waals surface area contributed by atoms with E-state index < -0.39 is 0 Å². The summed E-state index contributed by atoms with van der Waals surface area (Å²) < 4.78 is 0. The van der Waals surface area contributed by atoms with E-state index in [1.807, 2.05) is 0 Å². The molecule has 0 N–H and O–H groups in total. The predicted octanol–water partition coefficient (Wildman–Crippen LogP) is 13.9. The molecule has 0 bridgehead atoms. The number of aryl methyl sites for hydroxylation is 3. The lowest BCUT2D eigenvalue weighted by Gasteiger charge is -2.45. The Morgan fingerprint density at radius 3 is 1.70 bits per heavy atom. The van der Waals surface area contributed by atoms with E-state index in [0.29, 0.717) is 11.8 Å². The fourth-order valence-corrected chi connectivity index (χ4v) is 9.59. The van der Waals surface area contributed by atoms with Crippen LogP contribution in [0.2, 0.25) is 0 Å². The minimum absolute atomic E-state index is 0.0435. The molecule has 2 heterocycles. The molecule has 60 heavy (non-hydrogen) atoms. The summed E-state index contributed by atoms with van der Waals surface area (Å²) in [5, 5.41) is 0. The normalized spacial score (nSPS) is 12.8. The first-order valence-corrected chi connectivity index (χ1v) is 21.6. The van der Waals surface area contributed by atoms with E-state index in [2.05, 4.69) is 228 Å². The lowest BCUT2D eigenvalue weighted by molar-refractivity contribution is 0.866. The van der Waals surface area contributed by atoms with Crippen molar-refractivity contribution in [3.05, 3.63) is 198 Å². The Balaban J connectivity index is 1.27. The van der Waals surface area contributed by atoms with Crippen molar-refractivity contribution in [2.45, 2.75) is 60.3 Å². The summed E-state index contributed by atoms with van der Waals surface area (Å²) in [6, 6.07) is 64.4. The highest BCUT2D eigenvalue weighted by Gasteiger charge is 2.44. The molecule has 2 aliphatic heterocycles. The van der Waals surface area contributed by atoms with Crippen molar-refractivity contribution in [1.29, 1.82) is 0 Å². The molecule has 292 valence electrons. The molecule has 0 radical (unpaired) electrons. The minimum atomic E-state index is 0.0435. The van der Waals surface area contributed by atoms with Gasteiger partial charge in [-0.25, -0.2) is 0 Å². The van der Waals surface area contributed by atoms with Crippen molar-refractivity contribution >= 4 is 57.2 Å². The van der Waals surface area contributed by atoms with Crippen LogP contribution in [0.15, 0.2) is 170 Å². The second kappa shape index (κ2) is 14.9. The molecule has 8 aromatic carbocycles. The Kier molecular flexibility index (Phi) is 9.36. The van der Waals surface area contributed by atoms with Crippen LogP contribution in [0, 0.1) is 20.8 Å². The first-order valence-electron chi connectivity index (χ1n) is 21.6. The zero-order chi connectivity index (χ0) is 41.2. The van der Waals surface area contributed by atoms with Crippen molar-refractivity contribution in [3.63, 3.8) is 0 Å². The molecule has 8 aromatic rings. The molecular weight excluding hydrogens is 723 g/mol. The van der Waals surface area contributed by atoms with E-state index in [0.717, 1.165) is 5.69 Å². The molecule has 0 atom stereocenters. The van der Waals surface area contributed by atoms with Crippen LogP contribution in [0.5, 0.6) is 0 Å². The van der Waals surface area contributed by atoms with Gasteiger partial charge < -0.3 is 9.80 Å². The van der Waals surface area contributed by atoms with Gasteiger partial charge in [0.05, 0.1) is 0 Å². The summed E-state index contributed by atoms with van der Waals surface area (Å²) in [6.45, 7) is 15.9. The molecule has 0 aromatic heterocycles. The van der Waals surface area contributed by atoms with Gasteiger partial charge in [-0.15, -0.1) is 0 Å². The van der Waals surface area contributed by atoms with E-state index in [4.69, 9.17) is 0 Å². The molecule has 0 saturated heterocycles.